The van der Waals surface area contributed by atoms with Crippen LogP contribution in [0, 0.1) is 5.92 Å². The molecule has 0 heterocycles. The predicted octanol–water partition coefficient (Wildman–Crippen LogP) is 0.673. The summed E-state index contributed by atoms with van der Waals surface area (Å²) in [5.74, 6) is -0.727. The normalized spacial score (nSPS) is 12.4. The van der Waals surface area contributed by atoms with E-state index in [1.807, 2.05) is 27.7 Å². The van der Waals surface area contributed by atoms with Gasteiger partial charge in [0.15, 0.2) is 0 Å². The van der Waals surface area contributed by atoms with E-state index in [4.69, 9.17) is 0 Å². The lowest BCUT2D eigenvalue weighted by molar-refractivity contribution is -0.139. The molecule has 4 heteroatoms. The van der Waals surface area contributed by atoms with Crippen LogP contribution < -0.4 is 10.6 Å². The van der Waals surface area contributed by atoms with Crippen molar-refractivity contribution in [3.05, 3.63) is 0 Å². The summed E-state index contributed by atoms with van der Waals surface area (Å²) in [7, 11) is 0. The molecule has 14 heavy (non-hydrogen) atoms. The molecule has 0 rings (SSSR count). The summed E-state index contributed by atoms with van der Waals surface area (Å²) in [6, 6.07) is 0.0484. The Balaban J connectivity index is 3.82. The molecule has 82 valence electrons. The Labute approximate surface area is 85.4 Å². The van der Waals surface area contributed by atoms with Crippen molar-refractivity contribution in [1.82, 2.24) is 10.6 Å². The molecule has 2 N–H and O–H groups in total. The average molecular weight is 200 g/mol. The Hall–Kier alpha value is -1.06. The topological polar surface area (TPSA) is 58.2 Å². The van der Waals surface area contributed by atoms with E-state index in [2.05, 4.69) is 10.6 Å². The van der Waals surface area contributed by atoms with Gasteiger partial charge in [-0.3, -0.25) is 9.59 Å². The summed E-state index contributed by atoms with van der Waals surface area (Å²) in [6.07, 6.45) is 0.823. The standard InChI is InChI=1S/C10H20N2O2/c1-5-8(4)12-10(14)9(13)11-6-7(2)3/h7-8H,5-6H2,1-4H3,(H,11,13)(H,12,14). The summed E-state index contributed by atoms with van der Waals surface area (Å²) in [4.78, 5) is 22.4. The molecule has 0 bridgehead atoms. The Morgan fingerprint density at radius 1 is 1.14 bits per heavy atom. The van der Waals surface area contributed by atoms with Gasteiger partial charge in [0.1, 0.15) is 0 Å². The highest BCUT2D eigenvalue weighted by Crippen LogP contribution is 1.89. The van der Waals surface area contributed by atoms with Gasteiger partial charge in [0.25, 0.3) is 0 Å². The fourth-order valence-electron chi connectivity index (χ4n) is 0.769. The minimum Gasteiger partial charge on any atom is -0.348 e. The Bertz CT molecular complexity index is 202. The quantitative estimate of drug-likeness (QED) is 0.655. The number of nitrogens with one attached hydrogen (secondary N) is 2. The van der Waals surface area contributed by atoms with Gasteiger partial charge in [-0.1, -0.05) is 20.8 Å². The Kier molecular flexibility index (Phi) is 5.92. The number of hydrogen-bond acceptors (Lipinski definition) is 2. The smallest absolute Gasteiger partial charge is 0.309 e. The van der Waals surface area contributed by atoms with Gasteiger partial charge in [-0.15, -0.1) is 0 Å². The van der Waals surface area contributed by atoms with Crippen LogP contribution in [0.1, 0.15) is 34.1 Å². The highest BCUT2D eigenvalue weighted by Gasteiger charge is 2.14. The molecular formula is C10H20N2O2. The lowest BCUT2D eigenvalue weighted by Gasteiger charge is -2.11. The van der Waals surface area contributed by atoms with Gasteiger partial charge >= 0.3 is 11.8 Å². The van der Waals surface area contributed by atoms with Gasteiger partial charge in [0.05, 0.1) is 0 Å². The molecule has 0 saturated carbocycles. The zero-order chi connectivity index (χ0) is 11.1. The number of carbonyl (C=O) groups is 2. The second-order valence-corrected chi connectivity index (χ2v) is 3.89. The molecule has 2 amide bonds. The largest absolute Gasteiger partial charge is 0.348 e. The van der Waals surface area contributed by atoms with E-state index in [1.165, 1.54) is 0 Å². The third-order valence-electron chi connectivity index (χ3n) is 1.87. The van der Waals surface area contributed by atoms with E-state index in [0.717, 1.165) is 6.42 Å². The first-order valence-corrected chi connectivity index (χ1v) is 5.06. The SMILES string of the molecule is CCC(C)NC(=O)C(=O)NCC(C)C. The second-order valence-electron chi connectivity index (χ2n) is 3.89. The molecule has 0 radical (unpaired) electrons. The summed E-state index contributed by atoms with van der Waals surface area (Å²) < 4.78 is 0. The minimum absolute atomic E-state index is 0.0484. The molecule has 1 unspecified atom stereocenters. The number of rotatable bonds is 4. The first-order valence-electron chi connectivity index (χ1n) is 5.06. The summed E-state index contributed by atoms with van der Waals surface area (Å²) in [6.45, 7) is 8.32. The van der Waals surface area contributed by atoms with Gasteiger partial charge in [-0.25, -0.2) is 0 Å². The average Bonchev–Trinajstić information content (AvgIpc) is 2.13. The third kappa shape index (κ3) is 5.56. The van der Waals surface area contributed by atoms with Crippen molar-refractivity contribution in [2.75, 3.05) is 6.54 Å². The molecular weight excluding hydrogens is 180 g/mol. The fraction of sp³-hybridized carbons (Fsp3) is 0.800. The van der Waals surface area contributed by atoms with Crippen LogP contribution in [-0.4, -0.2) is 24.4 Å². The molecule has 0 aliphatic rings. The number of hydrogen-bond donors (Lipinski definition) is 2. The van der Waals surface area contributed by atoms with Gasteiger partial charge in [-0.2, -0.15) is 0 Å². The van der Waals surface area contributed by atoms with E-state index in [9.17, 15) is 9.59 Å². The van der Waals surface area contributed by atoms with Crippen LogP contribution in [0.4, 0.5) is 0 Å². The van der Waals surface area contributed by atoms with Crippen molar-refractivity contribution >= 4 is 11.8 Å². The van der Waals surface area contributed by atoms with Crippen molar-refractivity contribution in [2.45, 2.75) is 40.2 Å². The van der Waals surface area contributed by atoms with Crippen LogP contribution in [-0.2, 0) is 9.59 Å². The highest BCUT2D eigenvalue weighted by atomic mass is 16.2. The van der Waals surface area contributed by atoms with Crippen LogP contribution in [0.25, 0.3) is 0 Å². The molecule has 0 aromatic heterocycles. The minimum atomic E-state index is -0.543. The third-order valence-corrected chi connectivity index (χ3v) is 1.87. The molecule has 0 saturated heterocycles. The molecule has 0 spiro atoms. The van der Waals surface area contributed by atoms with E-state index >= 15 is 0 Å². The maximum Gasteiger partial charge on any atom is 0.309 e. The monoisotopic (exact) mass is 200 g/mol. The van der Waals surface area contributed by atoms with Crippen LogP contribution in [0.2, 0.25) is 0 Å². The van der Waals surface area contributed by atoms with Crippen molar-refractivity contribution in [3.63, 3.8) is 0 Å². The zero-order valence-corrected chi connectivity index (χ0v) is 9.39. The molecule has 0 aliphatic carbocycles. The maximum absolute atomic E-state index is 11.2. The van der Waals surface area contributed by atoms with Gasteiger partial charge in [0.2, 0.25) is 0 Å². The fourth-order valence-corrected chi connectivity index (χ4v) is 0.769. The van der Waals surface area contributed by atoms with Crippen LogP contribution in [0.5, 0.6) is 0 Å². The van der Waals surface area contributed by atoms with Gasteiger partial charge in [-0.05, 0) is 19.3 Å². The highest BCUT2D eigenvalue weighted by molar-refractivity contribution is 6.35. The number of amides is 2. The van der Waals surface area contributed by atoms with Crippen LogP contribution >= 0.6 is 0 Å². The van der Waals surface area contributed by atoms with E-state index in [-0.39, 0.29) is 6.04 Å². The van der Waals surface area contributed by atoms with Crippen molar-refractivity contribution in [3.8, 4) is 0 Å². The van der Waals surface area contributed by atoms with E-state index < -0.39 is 11.8 Å². The second kappa shape index (κ2) is 6.40. The molecule has 0 aromatic rings. The Morgan fingerprint density at radius 3 is 2.14 bits per heavy atom. The van der Waals surface area contributed by atoms with Crippen molar-refractivity contribution in [2.24, 2.45) is 5.92 Å². The maximum atomic E-state index is 11.2. The van der Waals surface area contributed by atoms with Gasteiger partial charge in [0, 0.05) is 12.6 Å². The van der Waals surface area contributed by atoms with Crippen LogP contribution in [0.3, 0.4) is 0 Å². The molecule has 0 aromatic carbocycles. The zero-order valence-electron chi connectivity index (χ0n) is 9.39. The van der Waals surface area contributed by atoms with E-state index in [0.29, 0.717) is 12.5 Å². The van der Waals surface area contributed by atoms with Crippen molar-refractivity contribution < 1.29 is 9.59 Å². The summed E-state index contributed by atoms with van der Waals surface area (Å²) >= 11 is 0. The van der Waals surface area contributed by atoms with Crippen LogP contribution in [0.15, 0.2) is 0 Å². The predicted molar refractivity (Wildman–Crippen MR) is 55.7 cm³/mol. The lowest BCUT2D eigenvalue weighted by atomic mass is 10.2. The molecule has 0 fully saturated rings. The summed E-state index contributed by atoms with van der Waals surface area (Å²) in [5.41, 5.74) is 0. The van der Waals surface area contributed by atoms with Crippen molar-refractivity contribution in [1.29, 1.82) is 0 Å². The molecule has 1 atom stereocenters. The molecule has 0 aliphatic heterocycles. The number of carbonyl (C=O) groups excluding carboxylic acids is 2. The van der Waals surface area contributed by atoms with E-state index in [1.54, 1.807) is 0 Å². The first-order chi connectivity index (χ1) is 6.47. The van der Waals surface area contributed by atoms with Gasteiger partial charge < -0.3 is 10.6 Å². The Morgan fingerprint density at radius 2 is 1.71 bits per heavy atom. The molecule has 4 nitrogen and oxygen atoms in total. The summed E-state index contributed by atoms with van der Waals surface area (Å²) in [5, 5.41) is 5.16. The lowest BCUT2D eigenvalue weighted by Crippen LogP contribution is -2.44. The first kappa shape index (κ1) is 12.9.